The lowest BCUT2D eigenvalue weighted by atomic mass is 10.2. The van der Waals surface area contributed by atoms with Gasteiger partial charge >= 0.3 is 0 Å². The molecule has 1 aromatic heterocycles. The third-order valence-electron chi connectivity index (χ3n) is 2.05. The highest BCUT2D eigenvalue weighted by Gasteiger charge is 2.27. The molecule has 0 amide bonds. The van der Waals surface area contributed by atoms with E-state index in [0.29, 0.717) is 16.5 Å². The fraction of sp³-hybridized carbons (Fsp3) is 0.583. The van der Waals surface area contributed by atoms with Gasteiger partial charge in [-0.1, -0.05) is 0 Å². The van der Waals surface area contributed by atoms with Gasteiger partial charge in [0.1, 0.15) is 5.60 Å². The molecule has 1 saturated carbocycles. The zero-order valence-corrected chi connectivity index (χ0v) is 11.4. The van der Waals surface area contributed by atoms with Crippen LogP contribution in [0.1, 0.15) is 33.6 Å². The van der Waals surface area contributed by atoms with Crippen molar-refractivity contribution in [3.05, 3.63) is 16.9 Å². The van der Waals surface area contributed by atoms with Crippen molar-refractivity contribution in [2.45, 2.75) is 45.3 Å². The van der Waals surface area contributed by atoms with Gasteiger partial charge in [-0.15, -0.1) is 0 Å². The number of pyridine rings is 1. The lowest BCUT2D eigenvalue weighted by Crippen LogP contribution is -2.23. The normalized spacial score (nSPS) is 16.0. The average molecular weight is 286 g/mol. The van der Waals surface area contributed by atoms with E-state index in [4.69, 9.17) is 9.47 Å². The first kappa shape index (κ1) is 11.7. The molecule has 1 aromatic rings. The van der Waals surface area contributed by atoms with Gasteiger partial charge in [0.25, 0.3) is 0 Å². The Bertz CT molecular complexity index is 383. The van der Waals surface area contributed by atoms with E-state index in [9.17, 15) is 0 Å². The predicted molar refractivity (Wildman–Crippen MR) is 66.0 cm³/mol. The second-order valence-corrected chi connectivity index (χ2v) is 5.71. The molecule has 0 aromatic carbocycles. The summed E-state index contributed by atoms with van der Waals surface area (Å²) in [6.07, 6.45) is 4.35. The number of rotatable bonds is 3. The van der Waals surface area contributed by atoms with Crippen molar-refractivity contribution < 1.29 is 9.47 Å². The van der Waals surface area contributed by atoms with Gasteiger partial charge in [-0.05, 0) is 49.5 Å². The Kier molecular flexibility index (Phi) is 3.10. The van der Waals surface area contributed by atoms with Crippen LogP contribution in [0, 0.1) is 0 Å². The van der Waals surface area contributed by atoms with Crippen molar-refractivity contribution in [1.82, 2.24) is 4.98 Å². The summed E-state index contributed by atoms with van der Waals surface area (Å²) in [6.45, 7) is 6.02. The predicted octanol–water partition coefficient (Wildman–Crippen LogP) is 3.56. The molecule has 0 spiro atoms. The van der Waals surface area contributed by atoms with Crippen LogP contribution in [0.4, 0.5) is 0 Å². The largest absolute Gasteiger partial charge is 0.486 e. The lowest BCUT2D eigenvalue weighted by molar-refractivity contribution is 0.120. The first-order valence-corrected chi connectivity index (χ1v) is 6.25. The quantitative estimate of drug-likeness (QED) is 0.796. The molecule has 0 unspecified atom stereocenters. The van der Waals surface area contributed by atoms with Gasteiger partial charge in [0.2, 0.25) is 0 Å². The van der Waals surface area contributed by atoms with E-state index in [-0.39, 0.29) is 5.60 Å². The molecular formula is C12H16BrNO2. The highest BCUT2D eigenvalue weighted by Crippen LogP contribution is 2.39. The molecule has 4 heteroatoms. The van der Waals surface area contributed by atoms with Gasteiger partial charge < -0.3 is 9.47 Å². The Balaban J connectivity index is 2.24. The van der Waals surface area contributed by atoms with Crippen molar-refractivity contribution in [2.75, 3.05) is 0 Å². The van der Waals surface area contributed by atoms with Crippen LogP contribution < -0.4 is 9.47 Å². The van der Waals surface area contributed by atoms with Gasteiger partial charge in [-0.3, -0.25) is 0 Å². The molecule has 1 heterocycles. The number of aromatic nitrogens is 1. The van der Waals surface area contributed by atoms with Crippen molar-refractivity contribution in [3.8, 4) is 11.5 Å². The number of halogens is 1. The minimum Gasteiger partial charge on any atom is -0.486 e. The number of hydrogen-bond donors (Lipinski definition) is 0. The van der Waals surface area contributed by atoms with Crippen LogP contribution in [0.5, 0.6) is 11.5 Å². The van der Waals surface area contributed by atoms with Crippen LogP contribution >= 0.6 is 15.9 Å². The summed E-state index contributed by atoms with van der Waals surface area (Å²) >= 11 is 3.39. The molecule has 0 N–H and O–H groups in total. The first-order valence-electron chi connectivity index (χ1n) is 5.46. The van der Waals surface area contributed by atoms with Crippen LogP contribution in [0.25, 0.3) is 0 Å². The molecule has 0 aliphatic heterocycles. The fourth-order valence-electron chi connectivity index (χ4n) is 1.26. The van der Waals surface area contributed by atoms with Crippen LogP contribution in [-0.2, 0) is 0 Å². The summed E-state index contributed by atoms with van der Waals surface area (Å²) in [6, 6.07) is 1.85. The topological polar surface area (TPSA) is 31.4 Å². The Morgan fingerprint density at radius 1 is 1.38 bits per heavy atom. The monoisotopic (exact) mass is 285 g/mol. The summed E-state index contributed by atoms with van der Waals surface area (Å²) in [7, 11) is 0. The summed E-state index contributed by atoms with van der Waals surface area (Å²) in [5, 5.41) is 0. The van der Waals surface area contributed by atoms with E-state index >= 15 is 0 Å². The lowest BCUT2D eigenvalue weighted by Gasteiger charge is -2.23. The second-order valence-electron chi connectivity index (χ2n) is 4.96. The fourth-order valence-corrected chi connectivity index (χ4v) is 1.66. The van der Waals surface area contributed by atoms with E-state index in [1.54, 1.807) is 6.20 Å². The third kappa shape index (κ3) is 3.11. The molecule has 2 rings (SSSR count). The van der Waals surface area contributed by atoms with Crippen LogP contribution in [0.15, 0.2) is 16.9 Å². The van der Waals surface area contributed by atoms with Crippen LogP contribution in [0.3, 0.4) is 0 Å². The smallest absolute Gasteiger partial charge is 0.194 e. The van der Waals surface area contributed by atoms with Crippen LogP contribution in [0.2, 0.25) is 0 Å². The summed E-state index contributed by atoms with van der Waals surface area (Å²) in [5.74, 6) is 1.47. The summed E-state index contributed by atoms with van der Waals surface area (Å²) < 4.78 is 12.3. The molecule has 88 valence electrons. The minimum absolute atomic E-state index is 0.257. The summed E-state index contributed by atoms with van der Waals surface area (Å²) in [4.78, 5) is 4.16. The van der Waals surface area contributed by atoms with Gasteiger partial charge in [-0.2, -0.15) is 0 Å². The zero-order chi connectivity index (χ0) is 11.8. The maximum atomic E-state index is 5.86. The number of hydrogen-bond acceptors (Lipinski definition) is 3. The van der Waals surface area contributed by atoms with E-state index in [1.807, 2.05) is 26.8 Å². The number of nitrogens with zero attached hydrogens (tertiary/aromatic N) is 1. The molecular weight excluding hydrogens is 270 g/mol. The van der Waals surface area contributed by atoms with Crippen molar-refractivity contribution in [2.24, 2.45) is 0 Å². The van der Waals surface area contributed by atoms with E-state index in [2.05, 4.69) is 20.9 Å². The molecule has 1 aliphatic rings. The SMILES string of the molecule is CC(C)(C)Oc1c(OC2CC2)ccnc1Br. The highest BCUT2D eigenvalue weighted by atomic mass is 79.9. The van der Waals surface area contributed by atoms with E-state index in [0.717, 1.165) is 18.6 Å². The Morgan fingerprint density at radius 2 is 2.06 bits per heavy atom. The average Bonchev–Trinajstić information content (AvgIpc) is 2.93. The second kappa shape index (κ2) is 4.24. The van der Waals surface area contributed by atoms with Gasteiger partial charge in [-0.25, -0.2) is 4.98 Å². The minimum atomic E-state index is -0.257. The molecule has 0 atom stereocenters. The Hall–Kier alpha value is -0.770. The first-order chi connectivity index (χ1) is 7.46. The molecule has 1 fully saturated rings. The molecule has 16 heavy (non-hydrogen) atoms. The standard InChI is InChI=1S/C12H16BrNO2/c1-12(2,3)16-10-9(15-8-4-5-8)6-7-14-11(10)13/h6-8H,4-5H2,1-3H3. The molecule has 1 aliphatic carbocycles. The molecule has 0 bridgehead atoms. The maximum absolute atomic E-state index is 5.86. The van der Waals surface area contributed by atoms with Gasteiger partial charge in [0, 0.05) is 12.3 Å². The zero-order valence-electron chi connectivity index (χ0n) is 9.79. The van der Waals surface area contributed by atoms with E-state index in [1.165, 1.54) is 0 Å². The van der Waals surface area contributed by atoms with Crippen molar-refractivity contribution >= 4 is 15.9 Å². The number of ether oxygens (including phenoxy) is 2. The third-order valence-corrected chi connectivity index (χ3v) is 2.62. The van der Waals surface area contributed by atoms with E-state index < -0.39 is 0 Å². The maximum Gasteiger partial charge on any atom is 0.194 e. The Labute approximate surface area is 104 Å². The summed E-state index contributed by atoms with van der Waals surface area (Å²) in [5.41, 5.74) is -0.257. The highest BCUT2D eigenvalue weighted by molar-refractivity contribution is 9.10. The van der Waals surface area contributed by atoms with Crippen LogP contribution in [-0.4, -0.2) is 16.7 Å². The molecule has 0 radical (unpaired) electrons. The Morgan fingerprint density at radius 3 is 2.62 bits per heavy atom. The van der Waals surface area contributed by atoms with Crippen molar-refractivity contribution in [3.63, 3.8) is 0 Å². The van der Waals surface area contributed by atoms with Crippen molar-refractivity contribution in [1.29, 1.82) is 0 Å². The van der Waals surface area contributed by atoms with Gasteiger partial charge in [0.15, 0.2) is 16.1 Å². The molecule has 3 nitrogen and oxygen atoms in total. The molecule has 0 saturated heterocycles. The van der Waals surface area contributed by atoms with Gasteiger partial charge in [0.05, 0.1) is 6.10 Å².